The summed E-state index contributed by atoms with van der Waals surface area (Å²) in [5, 5.41) is 31.9. The normalized spacial score (nSPS) is 12.2. The maximum atomic E-state index is 11.1. The number of carbonyl (C=O) groups is 1. The predicted molar refractivity (Wildman–Crippen MR) is 74.0 cm³/mol. The van der Waals surface area contributed by atoms with Crippen molar-refractivity contribution in [1.29, 1.82) is 0 Å². The van der Waals surface area contributed by atoms with Crippen molar-refractivity contribution in [3.05, 3.63) is 33.9 Å². The Balaban J connectivity index is 3.05. The maximum absolute atomic E-state index is 11.1. The predicted octanol–water partition coefficient (Wildman–Crippen LogP) is 2.11. The number of nitrogens with zero attached hydrogens (tertiary/aromatic N) is 1. The molecule has 0 aromatic heterocycles. The summed E-state index contributed by atoms with van der Waals surface area (Å²) in [4.78, 5) is 21.1. The van der Waals surface area contributed by atoms with Gasteiger partial charge in [0.2, 0.25) is 0 Å². The Bertz CT molecular complexity index is 502. The van der Waals surface area contributed by atoms with Crippen molar-refractivity contribution < 1.29 is 19.9 Å². The molecule has 7 nitrogen and oxygen atoms in total. The van der Waals surface area contributed by atoms with E-state index in [0.717, 1.165) is 0 Å². The molecule has 0 saturated carbocycles. The van der Waals surface area contributed by atoms with Crippen molar-refractivity contribution in [3.8, 4) is 0 Å². The average Bonchev–Trinajstić information content (AvgIpc) is 2.37. The molecule has 20 heavy (non-hydrogen) atoms. The monoisotopic (exact) mass is 282 g/mol. The van der Waals surface area contributed by atoms with E-state index in [2.05, 4.69) is 5.32 Å². The molecular formula is C13H18N2O5. The van der Waals surface area contributed by atoms with Crippen LogP contribution in [0, 0.1) is 16.0 Å². The first-order valence-electron chi connectivity index (χ1n) is 6.26. The molecule has 0 saturated heterocycles. The fraction of sp³-hybridized carbons (Fsp3) is 0.462. The number of hydrogen-bond acceptors (Lipinski definition) is 5. The van der Waals surface area contributed by atoms with Crippen molar-refractivity contribution in [3.63, 3.8) is 0 Å². The van der Waals surface area contributed by atoms with Crippen molar-refractivity contribution >= 4 is 17.3 Å². The van der Waals surface area contributed by atoms with Gasteiger partial charge in [-0.3, -0.25) is 10.1 Å². The number of benzene rings is 1. The van der Waals surface area contributed by atoms with Gasteiger partial charge in [0.05, 0.1) is 4.92 Å². The van der Waals surface area contributed by atoms with Crippen LogP contribution in [0.4, 0.5) is 11.4 Å². The maximum Gasteiger partial charge on any atom is 0.342 e. The van der Waals surface area contributed by atoms with Crippen LogP contribution < -0.4 is 5.32 Å². The van der Waals surface area contributed by atoms with E-state index in [1.807, 2.05) is 13.8 Å². The molecule has 0 radical (unpaired) electrons. The zero-order valence-corrected chi connectivity index (χ0v) is 11.4. The lowest BCUT2D eigenvalue weighted by atomic mass is 10.0. The van der Waals surface area contributed by atoms with Crippen LogP contribution in [-0.2, 0) is 0 Å². The summed E-state index contributed by atoms with van der Waals surface area (Å²) in [5.74, 6) is -1.12. The molecule has 1 aromatic rings. The van der Waals surface area contributed by atoms with E-state index in [4.69, 9.17) is 10.2 Å². The standard InChI is InChI=1S/C13H18N2O5/c1-8(2)11(5-6-16)14-9-3-4-12(15(19)20)10(7-9)13(17)18/h3-4,7-8,11,14,16H,5-6H2,1-2H3,(H,17,18). The summed E-state index contributed by atoms with van der Waals surface area (Å²) in [7, 11) is 0. The molecule has 0 aliphatic carbocycles. The molecule has 0 bridgehead atoms. The lowest BCUT2D eigenvalue weighted by molar-refractivity contribution is -0.385. The second-order valence-electron chi connectivity index (χ2n) is 4.80. The summed E-state index contributed by atoms with van der Waals surface area (Å²) >= 11 is 0. The van der Waals surface area contributed by atoms with Gasteiger partial charge in [-0.1, -0.05) is 13.8 Å². The van der Waals surface area contributed by atoms with E-state index in [1.54, 1.807) is 0 Å². The third-order valence-electron chi connectivity index (χ3n) is 3.02. The second-order valence-corrected chi connectivity index (χ2v) is 4.80. The zero-order valence-electron chi connectivity index (χ0n) is 11.4. The van der Waals surface area contributed by atoms with Crippen LogP contribution in [0.15, 0.2) is 18.2 Å². The summed E-state index contributed by atoms with van der Waals surface area (Å²) < 4.78 is 0. The number of nitro groups is 1. The molecule has 0 aliphatic rings. The van der Waals surface area contributed by atoms with Crippen LogP contribution >= 0.6 is 0 Å². The number of carboxylic acids is 1. The van der Waals surface area contributed by atoms with Gasteiger partial charge in [0.25, 0.3) is 5.69 Å². The Morgan fingerprint density at radius 2 is 2.10 bits per heavy atom. The lowest BCUT2D eigenvalue weighted by Crippen LogP contribution is -2.26. The molecule has 3 N–H and O–H groups in total. The summed E-state index contributed by atoms with van der Waals surface area (Å²) in [6, 6.07) is 3.84. The molecule has 1 rings (SSSR count). The number of nitro benzene ring substituents is 1. The van der Waals surface area contributed by atoms with E-state index >= 15 is 0 Å². The molecule has 7 heteroatoms. The van der Waals surface area contributed by atoms with Gasteiger partial charge < -0.3 is 15.5 Å². The van der Waals surface area contributed by atoms with Crippen LogP contribution in [0.1, 0.15) is 30.6 Å². The highest BCUT2D eigenvalue weighted by Gasteiger charge is 2.21. The fourth-order valence-corrected chi connectivity index (χ4v) is 1.88. The highest BCUT2D eigenvalue weighted by atomic mass is 16.6. The van der Waals surface area contributed by atoms with Crippen LogP contribution in [0.25, 0.3) is 0 Å². The van der Waals surface area contributed by atoms with E-state index in [9.17, 15) is 14.9 Å². The Morgan fingerprint density at radius 3 is 2.55 bits per heavy atom. The van der Waals surface area contributed by atoms with Crippen molar-refractivity contribution in [1.82, 2.24) is 0 Å². The molecule has 1 unspecified atom stereocenters. The molecule has 110 valence electrons. The third-order valence-corrected chi connectivity index (χ3v) is 3.02. The quantitative estimate of drug-likeness (QED) is 0.521. The second kappa shape index (κ2) is 6.85. The number of anilines is 1. The van der Waals surface area contributed by atoms with Gasteiger partial charge in [-0.05, 0) is 24.5 Å². The van der Waals surface area contributed by atoms with E-state index in [-0.39, 0.29) is 24.1 Å². The smallest absolute Gasteiger partial charge is 0.342 e. The number of aliphatic hydroxyl groups excluding tert-OH is 1. The van der Waals surface area contributed by atoms with Gasteiger partial charge in [-0.15, -0.1) is 0 Å². The molecule has 0 fully saturated rings. The summed E-state index contributed by atoms with van der Waals surface area (Å²) in [6.07, 6.45) is 0.511. The van der Waals surface area contributed by atoms with Gasteiger partial charge in [-0.2, -0.15) is 0 Å². The van der Waals surface area contributed by atoms with Crippen LogP contribution in [0.3, 0.4) is 0 Å². The van der Waals surface area contributed by atoms with Gasteiger partial charge in [0.1, 0.15) is 5.56 Å². The number of aliphatic hydroxyl groups is 1. The van der Waals surface area contributed by atoms with E-state index in [0.29, 0.717) is 12.1 Å². The minimum atomic E-state index is -1.34. The SMILES string of the molecule is CC(C)C(CCO)Nc1ccc([N+](=O)[O-])c(C(=O)O)c1. The highest BCUT2D eigenvalue weighted by molar-refractivity contribution is 5.93. The minimum Gasteiger partial charge on any atom is -0.477 e. The summed E-state index contributed by atoms with van der Waals surface area (Å²) in [6.45, 7) is 3.95. The lowest BCUT2D eigenvalue weighted by Gasteiger charge is -2.22. The van der Waals surface area contributed by atoms with Crippen LogP contribution in [-0.4, -0.2) is 33.8 Å². The van der Waals surface area contributed by atoms with Crippen LogP contribution in [0.2, 0.25) is 0 Å². The van der Waals surface area contributed by atoms with Gasteiger partial charge >= 0.3 is 5.97 Å². The average molecular weight is 282 g/mol. The number of carboxylic acid groups (broad SMARTS) is 1. The Labute approximate surface area is 116 Å². The molecule has 0 spiro atoms. The first kappa shape index (κ1) is 15.9. The van der Waals surface area contributed by atoms with Gasteiger partial charge in [0.15, 0.2) is 0 Å². The fourth-order valence-electron chi connectivity index (χ4n) is 1.88. The van der Waals surface area contributed by atoms with Gasteiger partial charge in [0, 0.05) is 24.4 Å². The number of rotatable bonds is 7. The van der Waals surface area contributed by atoms with E-state index < -0.39 is 16.6 Å². The Morgan fingerprint density at radius 1 is 1.45 bits per heavy atom. The third kappa shape index (κ3) is 3.92. The Kier molecular flexibility index (Phi) is 5.45. The zero-order chi connectivity index (χ0) is 15.3. The first-order chi connectivity index (χ1) is 9.36. The first-order valence-corrected chi connectivity index (χ1v) is 6.26. The van der Waals surface area contributed by atoms with Crippen molar-refractivity contribution in [2.45, 2.75) is 26.3 Å². The molecule has 1 atom stereocenters. The van der Waals surface area contributed by atoms with Crippen LogP contribution in [0.5, 0.6) is 0 Å². The Hall–Kier alpha value is -2.15. The molecular weight excluding hydrogens is 264 g/mol. The molecule has 1 aromatic carbocycles. The highest BCUT2D eigenvalue weighted by Crippen LogP contribution is 2.24. The largest absolute Gasteiger partial charge is 0.477 e. The number of aromatic carboxylic acids is 1. The number of nitrogens with one attached hydrogen (secondary N) is 1. The van der Waals surface area contributed by atoms with Crippen molar-refractivity contribution in [2.24, 2.45) is 5.92 Å². The van der Waals surface area contributed by atoms with Gasteiger partial charge in [-0.25, -0.2) is 4.79 Å². The molecule has 0 heterocycles. The van der Waals surface area contributed by atoms with E-state index in [1.165, 1.54) is 18.2 Å². The van der Waals surface area contributed by atoms with Crippen molar-refractivity contribution in [2.75, 3.05) is 11.9 Å². The molecule has 0 aliphatic heterocycles. The molecule has 0 amide bonds. The topological polar surface area (TPSA) is 113 Å². The summed E-state index contributed by atoms with van der Waals surface area (Å²) in [5.41, 5.74) is -0.307. The minimum absolute atomic E-state index is 0.00855. The number of hydrogen-bond donors (Lipinski definition) is 3.